The number of aromatic nitrogens is 4. The van der Waals surface area contributed by atoms with Crippen LogP contribution in [0.2, 0.25) is 10.0 Å². The highest BCUT2D eigenvalue weighted by Crippen LogP contribution is 2.45. The molecule has 228 valence electrons. The Bertz CT molecular complexity index is 1860. The van der Waals surface area contributed by atoms with Gasteiger partial charge in [-0.25, -0.2) is 23.3 Å². The topological polar surface area (TPSA) is 122 Å². The number of hydrogen-bond acceptors (Lipinski definition) is 7. The van der Waals surface area contributed by atoms with Gasteiger partial charge in [-0.05, 0) is 49.7 Å². The van der Waals surface area contributed by atoms with Crippen molar-refractivity contribution in [3.8, 4) is 0 Å². The molecule has 2 aromatic heterocycles. The lowest BCUT2D eigenvalue weighted by Gasteiger charge is -2.34. The number of rotatable bonds is 6. The van der Waals surface area contributed by atoms with E-state index in [0.29, 0.717) is 21.4 Å². The molecule has 1 atom stereocenters. The molecular formula is C29H26BrCl2N7O4S. The smallest absolute Gasteiger partial charge is 0.274 e. The lowest BCUT2D eigenvalue weighted by atomic mass is 9.92. The van der Waals surface area contributed by atoms with E-state index in [4.69, 9.17) is 23.2 Å². The summed E-state index contributed by atoms with van der Waals surface area (Å²) >= 11 is 16.0. The van der Waals surface area contributed by atoms with Crippen molar-refractivity contribution in [3.63, 3.8) is 0 Å². The van der Waals surface area contributed by atoms with Crippen molar-refractivity contribution in [2.24, 2.45) is 0 Å². The number of halogens is 3. The number of amides is 2. The van der Waals surface area contributed by atoms with Gasteiger partial charge < -0.3 is 4.90 Å². The third-order valence-electron chi connectivity index (χ3n) is 7.77. The Kier molecular flexibility index (Phi) is 8.03. The number of imidazole rings is 1. The first-order valence-corrected chi connectivity index (χ1v) is 16.6. The van der Waals surface area contributed by atoms with Crippen LogP contribution in [0.3, 0.4) is 0 Å². The molecule has 1 unspecified atom stereocenters. The molecule has 1 fully saturated rings. The molecule has 4 aromatic rings. The molecule has 11 nitrogen and oxygen atoms in total. The summed E-state index contributed by atoms with van der Waals surface area (Å²) in [6, 6.07) is 12.2. The van der Waals surface area contributed by atoms with Crippen LogP contribution in [0.15, 0.2) is 70.6 Å². The quantitative estimate of drug-likeness (QED) is 0.280. The predicted octanol–water partition coefficient (Wildman–Crippen LogP) is 4.83. The number of carbonyl (C=O) groups is 2. The molecule has 0 radical (unpaired) electrons. The summed E-state index contributed by atoms with van der Waals surface area (Å²) in [5.41, 5.74) is 0.717. The summed E-state index contributed by atoms with van der Waals surface area (Å²) in [4.78, 5) is 42.9. The minimum atomic E-state index is -4.15. The van der Waals surface area contributed by atoms with Crippen LogP contribution in [0.5, 0.6) is 0 Å². The van der Waals surface area contributed by atoms with Gasteiger partial charge in [-0.2, -0.15) is 4.31 Å². The molecule has 15 heteroatoms. The summed E-state index contributed by atoms with van der Waals surface area (Å²) in [5.74, 6) is -0.561. The summed E-state index contributed by atoms with van der Waals surface area (Å²) in [6.07, 6.45) is 4.39. The van der Waals surface area contributed by atoms with Gasteiger partial charge in [-0.1, -0.05) is 51.3 Å². The van der Waals surface area contributed by atoms with Gasteiger partial charge in [0.25, 0.3) is 21.8 Å². The van der Waals surface area contributed by atoms with Gasteiger partial charge in [0.05, 0.1) is 23.8 Å². The largest absolute Gasteiger partial charge is 0.335 e. The number of fused-ring (bicyclic) bond motifs is 1. The van der Waals surface area contributed by atoms with Crippen LogP contribution >= 0.6 is 39.1 Å². The highest BCUT2D eigenvalue weighted by molar-refractivity contribution is 9.10. The number of aryl methyl sites for hydroxylation is 1. The summed E-state index contributed by atoms with van der Waals surface area (Å²) in [5, 5.41) is 0.508. The molecule has 6 rings (SSSR count). The van der Waals surface area contributed by atoms with Crippen LogP contribution in [-0.4, -0.2) is 75.1 Å². The van der Waals surface area contributed by atoms with Gasteiger partial charge in [-0.15, -0.1) is 0 Å². The molecule has 1 saturated heterocycles. The lowest BCUT2D eigenvalue weighted by Crippen LogP contribution is -2.51. The fraction of sp³-hybridized carbons (Fsp3) is 0.276. The number of hydrogen-bond donors (Lipinski definition) is 0. The average molecular weight is 719 g/mol. The SMILES string of the molecule is Cc1cnc(C(=O)N2CCN(S(=O)(=O)c3cnc4n3C(C)(Cc3ccc(Br)cc3)C(=O)N4c3cc(Cl)cc(Cl)c3)CC2)cn1. The Balaban J connectivity index is 1.35. The van der Waals surface area contributed by atoms with Crippen molar-refractivity contribution < 1.29 is 18.0 Å². The van der Waals surface area contributed by atoms with Crippen molar-refractivity contribution in [1.29, 1.82) is 0 Å². The van der Waals surface area contributed by atoms with Gasteiger partial charge >= 0.3 is 0 Å². The van der Waals surface area contributed by atoms with Gasteiger partial charge in [0.15, 0.2) is 5.03 Å². The van der Waals surface area contributed by atoms with E-state index >= 15 is 0 Å². The molecule has 0 bridgehead atoms. The standard InChI is InChI=1S/C29H26BrCl2N7O4S/c1-18-15-34-24(16-33-18)26(40)36-7-9-37(10-8-36)44(42,43)25-17-35-28-38(23-12-21(31)11-22(32)13-23)27(41)29(2,39(25)28)14-19-3-5-20(30)6-4-19/h3-6,11-13,15-17H,7-10,14H2,1-2H3. The maximum absolute atomic E-state index is 14.3. The first-order valence-electron chi connectivity index (χ1n) is 13.6. The van der Waals surface area contributed by atoms with Crippen LogP contribution in [-0.2, 0) is 26.8 Å². The molecule has 0 saturated carbocycles. The first-order chi connectivity index (χ1) is 20.9. The molecule has 2 aromatic carbocycles. The zero-order valence-corrected chi connectivity index (χ0v) is 27.5. The second kappa shape index (κ2) is 11.5. The predicted molar refractivity (Wildman–Crippen MR) is 169 cm³/mol. The van der Waals surface area contributed by atoms with E-state index in [-0.39, 0.29) is 61.1 Å². The molecule has 0 N–H and O–H groups in total. The zero-order chi connectivity index (χ0) is 31.4. The maximum atomic E-state index is 14.3. The molecule has 44 heavy (non-hydrogen) atoms. The highest BCUT2D eigenvalue weighted by atomic mass is 79.9. The minimum Gasteiger partial charge on any atom is -0.335 e. The maximum Gasteiger partial charge on any atom is 0.274 e. The second-order valence-corrected chi connectivity index (χ2v) is 14.5. The second-order valence-electron chi connectivity index (χ2n) is 10.8. The van der Waals surface area contributed by atoms with Crippen LogP contribution in [0, 0.1) is 6.92 Å². The summed E-state index contributed by atoms with van der Waals surface area (Å²) < 4.78 is 32.1. The molecule has 4 heterocycles. The molecule has 0 aliphatic carbocycles. The third kappa shape index (κ3) is 5.40. The highest BCUT2D eigenvalue weighted by Gasteiger charge is 2.52. The lowest BCUT2D eigenvalue weighted by molar-refractivity contribution is -0.124. The van der Waals surface area contributed by atoms with Crippen LogP contribution < -0.4 is 4.90 Å². The minimum absolute atomic E-state index is 0.0544. The van der Waals surface area contributed by atoms with Crippen LogP contribution in [0.4, 0.5) is 11.6 Å². The molecule has 2 aliphatic heterocycles. The Morgan fingerprint density at radius 1 is 0.955 bits per heavy atom. The van der Waals surface area contributed by atoms with E-state index in [2.05, 4.69) is 30.9 Å². The molecule has 2 aliphatic rings. The Morgan fingerprint density at radius 3 is 2.23 bits per heavy atom. The van der Waals surface area contributed by atoms with E-state index in [1.54, 1.807) is 36.9 Å². The van der Waals surface area contributed by atoms with Crippen molar-refractivity contribution in [2.75, 3.05) is 31.1 Å². The zero-order valence-electron chi connectivity index (χ0n) is 23.6. The third-order valence-corrected chi connectivity index (χ3v) is 10.6. The fourth-order valence-corrected chi connectivity index (χ4v) is 7.93. The monoisotopic (exact) mass is 717 g/mol. The van der Waals surface area contributed by atoms with E-state index in [1.165, 1.54) is 32.4 Å². The number of anilines is 2. The average Bonchev–Trinajstić information content (AvgIpc) is 3.52. The van der Waals surface area contributed by atoms with Gasteiger partial charge in [0.2, 0.25) is 5.95 Å². The first kappa shape index (κ1) is 30.7. The van der Waals surface area contributed by atoms with Crippen LogP contribution in [0.1, 0.15) is 28.7 Å². The number of carbonyl (C=O) groups excluding carboxylic acids is 2. The molecule has 2 amide bonds. The molecular weight excluding hydrogens is 693 g/mol. The molecule has 0 spiro atoms. The van der Waals surface area contributed by atoms with Crippen LogP contribution in [0.25, 0.3) is 0 Å². The number of benzene rings is 2. The Morgan fingerprint density at radius 2 is 1.61 bits per heavy atom. The van der Waals surface area contributed by atoms with E-state index in [9.17, 15) is 18.0 Å². The Hall–Kier alpha value is -3.36. The van der Waals surface area contributed by atoms with E-state index < -0.39 is 15.6 Å². The van der Waals surface area contributed by atoms with Gasteiger partial charge in [0.1, 0.15) is 11.2 Å². The number of piperazine rings is 1. The van der Waals surface area contributed by atoms with Crippen molar-refractivity contribution >= 4 is 72.6 Å². The normalized spacial score (nSPS) is 19.0. The number of nitrogens with zero attached hydrogens (tertiary/aromatic N) is 7. The Labute approximate surface area is 272 Å². The van der Waals surface area contributed by atoms with E-state index in [1.807, 2.05) is 24.3 Å². The van der Waals surface area contributed by atoms with E-state index in [0.717, 1.165) is 10.0 Å². The summed E-state index contributed by atoms with van der Waals surface area (Å²) in [7, 11) is -4.15. The van der Waals surface area contributed by atoms with Crippen molar-refractivity contribution in [3.05, 3.63) is 92.5 Å². The fourth-order valence-electron chi connectivity index (χ4n) is 5.54. The number of sulfonamides is 1. The van der Waals surface area contributed by atoms with Gasteiger partial charge in [-0.3, -0.25) is 19.1 Å². The van der Waals surface area contributed by atoms with Crippen molar-refractivity contribution in [1.82, 2.24) is 28.7 Å². The van der Waals surface area contributed by atoms with Gasteiger partial charge in [0, 0.05) is 53.3 Å². The van der Waals surface area contributed by atoms with Crippen molar-refractivity contribution in [2.45, 2.75) is 30.8 Å². The summed E-state index contributed by atoms with van der Waals surface area (Å²) in [6.45, 7) is 3.91.